The van der Waals surface area contributed by atoms with Gasteiger partial charge in [0.05, 0.1) is 12.8 Å². The number of ether oxygens (including phenoxy) is 1. The number of aromatic nitrogens is 1. The number of rotatable bonds is 8. The lowest BCUT2D eigenvalue weighted by Crippen LogP contribution is -2.34. The van der Waals surface area contributed by atoms with E-state index in [2.05, 4.69) is 22.5 Å². The van der Waals surface area contributed by atoms with Crippen LogP contribution in [-0.4, -0.2) is 30.6 Å². The number of methoxy groups -OCH3 is 1. The molecule has 6 heteroatoms. The molecule has 1 atom stereocenters. The standard InChI is InChI=1S/C20H27N3O2S/c1-3-12-21-15-7-10-17-18(13-15)26-20(22-17)23-19(24)11-6-14-4-8-16(25-2)9-5-14/h4-5,8-9,15,21H,3,6-7,10-13H2,1-2H3,(H,22,23,24). The highest BCUT2D eigenvalue weighted by Gasteiger charge is 2.22. The van der Waals surface area contributed by atoms with Crippen molar-refractivity contribution in [1.82, 2.24) is 10.3 Å². The van der Waals surface area contributed by atoms with E-state index in [0.717, 1.165) is 54.4 Å². The second-order valence-electron chi connectivity index (χ2n) is 6.68. The van der Waals surface area contributed by atoms with Crippen molar-refractivity contribution in [1.29, 1.82) is 0 Å². The van der Waals surface area contributed by atoms with Crippen LogP contribution in [0.2, 0.25) is 0 Å². The van der Waals surface area contributed by atoms with Crippen LogP contribution in [0.1, 0.15) is 42.3 Å². The molecule has 26 heavy (non-hydrogen) atoms. The molecule has 0 saturated heterocycles. The second-order valence-corrected chi connectivity index (χ2v) is 7.76. The van der Waals surface area contributed by atoms with Gasteiger partial charge in [-0.15, -0.1) is 11.3 Å². The zero-order valence-corrected chi connectivity index (χ0v) is 16.3. The summed E-state index contributed by atoms with van der Waals surface area (Å²) in [5.74, 6) is 0.853. The number of anilines is 1. The quantitative estimate of drug-likeness (QED) is 0.742. The third kappa shape index (κ3) is 5.05. The summed E-state index contributed by atoms with van der Waals surface area (Å²) in [5.41, 5.74) is 2.29. The van der Waals surface area contributed by atoms with E-state index in [-0.39, 0.29) is 5.91 Å². The van der Waals surface area contributed by atoms with Crippen molar-refractivity contribution >= 4 is 22.4 Å². The molecule has 1 aliphatic rings. The molecule has 3 rings (SSSR count). The lowest BCUT2D eigenvalue weighted by molar-refractivity contribution is -0.116. The van der Waals surface area contributed by atoms with Gasteiger partial charge in [0.1, 0.15) is 5.75 Å². The normalized spacial score (nSPS) is 16.2. The Morgan fingerprint density at radius 1 is 1.35 bits per heavy atom. The average Bonchev–Trinajstić information content (AvgIpc) is 3.06. The van der Waals surface area contributed by atoms with Gasteiger partial charge in [0, 0.05) is 17.3 Å². The van der Waals surface area contributed by atoms with Crippen molar-refractivity contribution in [2.24, 2.45) is 0 Å². The van der Waals surface area contributed by atoms with Crippen LogP contribution < -0.4 is 15.4 Å². The maximum absolute atomic E-state index is 12.2. The third-order valence-corrected chi connectivity index (χ3v) is 5.70. The first kappa shape index (κ1) is 18.9. The maximum Gasteiger partial charge on any atom is 0.226 e. The van der Waals surface area contributed by atoms with Crippen LogP contribution in [0.25, 0.3) is 0 Å². The van der Waals surface area contributed by atoms with Crippen LogP contribution in [0.15, 0.2) is 24.3 Å². The number of thiazole rings is 1. The molecule has 1 aliphatic carbocycles. The van der Waals surface area contributed by atoms with Crippen LogP contribution in [0.4, 0.5) is 5.13 Å². The van der Waals surface area contributed by atoms with Gasteiger partial charge < -0.3 is 15.4 Å². The highest BCUT2D eigenvalue weighted by atomic mass is 32.1. The number of nitrogens with one attached hydrogen (secondary N) is 2. The molecule has 1 unspecified atom stereocenters. The smallest absolute Gasteiger partial charge is 0.226 e. The summed E-state index contributed by atoms with van der Waals surface area (Å²) in [5, 5.41) is 7.31. The molecule has 1 aromatic carbocycles. The van der Waals surface area contributed by atoms with Crippen molar-refractivity contribution in [2.45, 2.75) is 51.5 Å². The monoisotopic (exact) mass is 373 g/mol. The maximum atomic E-state index is 12.2. The van der Waals surface area contributed by atoms with E-state index in [9.17, 15) is 4.79 Å². The summed E-state index contributed by atoms with van der Waals surface area (Å²) in [6, 6.07) is 8.38. The molecular weight excluding hydrogens is 346 g/mol. The van der Waals surface area contributed by atoms with Gasteiger partial charge >= 0.3 is 0 Å². The van der Waals surface area contributed by atoms with Gasteiger partial charge in [-0.1, -0.05) is 19.1 Å². The van der Waals surface area contributed by atoms with Crippen molar-refractivity contribution in [3.05, 3.63) is 40.4 Å². The molecule has 0 saturated carbocycles. The molecule has 1 amide bonds. The Kier molecular flexibility index (Phi) is 6.63. The Hall–Kier alpha value is -1.92. The van der Waals surface area contributed by atoms with Crippen LogP contribution in [-0.2, 0) is 24.1 Å². The zero-order chi connectivity index (χ0) is 18.4. The number of carbonyl (C=O) groups is 1. The number of benzene rings is 1. The molecule has 2 aromatic rings. The molecule has 5 nitrogen and oxygen atoms in total. The first-order valence-electron chi connectivity index (χ1n) is 9.32. The van der Waals surface area contributed by atoms with Crippen molar-refractivity contribution < 1.29 is 9.53 Å². The van der Waals surface area contributed by atoms with Crippen molar-refractivity contribution in [3.8, 4) is 5.75 Å². The molecule has 0 bridgehead atoms. The molecule has 0 spiro atoms. The summed E-state index contributed by atoms with van der Waals surface area (Å²) in [6.45, 7) is 3.25. The van der Waals surface area contributed by atoms with E-state index in [1.807, 2.05) is 24.3 Å². The van der Waals surface area contributed by atoms with Gasteiger partial charge in [0.15, 0.2) is 5.13 Å². The van der Waals surface area contributed by atoms with Gasteiger partial charge in [-0.2, -0.15) is 0 Å². The van der Waals surface area contributed by atoms with E-state index in [0.29, 0.717) is 18.9 Å². The van der Waals surface area contributed by atoms with Gasteiger partial charge in [-0.3, -0.25) is 4.79 Å². The summed E-state index contributed by atoms with van der Waals surface area (Å²) in [6.07, 6.45) is 5.47. The van der Waals surface area contributed by atoms with Crippen molar-refractivity contribution in [2.75, 3.05) is 19.0 Å². The molecule has 1 heterocycles. The zero-order valence-electron chi connectivity index (χ0n) is 15.5. The van der Waals surface area contributed by atoms with E-state index in [1.54, 1.807) is 18.4 Å². The summed E-state index contributed by atoms with van der Waals surface area (Å²) in [4.78, 5) is 18.2. The molecule has 140 valence electrons. The lowest BCUT2D eigenvalue weighted by Gasteiger charge is -2.21. The van der Waals surface area contributed by atoms with E-state index >= 15 is 0 Å². The highest BCUT2D eigenvalue weighted by molar-refractivity contribution is 7.15. The largest absolute Gasteiger partial charge is 0.497 e. The first-order valence-corrected chi connectivity index (χ1v) is 10.1. The topological polar surface area (TPSA) is 63.2 Å². The number of hydrogen-bond donors (Lipinski definition) is 2. The Balaban J connectivity index is 1.49. The minimum atomic E-state index is 0.0209. The van der Waals surface area contributed by atoms with Gasteiger partial charge in [-0.25, -0.2) is 4.98 Å². The van der Waals surface area contributed by atoms with Gasteiger partial charge in [0.25, 0.3) is 0 Å². The molecular formula is C20H27N3O2S. The summed E-state index contributed by atoms with van der Waals surface area (Å²) < 4.78 is 5.15. The Labute approximate surface area is 159 Å². The molecule has 0 aliphatic heterocycles. The first-order chi connectivity index (χ1) is 12.7. The minimum Gasteiger partial charge on any atom is -0.497 e. The van der Waals surface area contributed by atoms with E-state index in [4.69, 9.17) is 4.74 Å². The van der Waals surface area contributed by atoms with E-state index < -0.39 is 0 Å². The fourth-order valence-electron chi connectivity index (χ4n) is 3.18. The fourth-order valence-corrected chi connectivity index (χ4v) is 4.29. The predicted octanol–water partition coefficient (Wildman–Crippen LogP) is 3.58. The number of aryl methyl sites for hydroxylation is 2. The Morgan fingerprint density at radius 2 is 2.15 bits per heavy atom. The van der Waals surface area contributed by atoms with Crippen LogP contribution >= 0.6 is 11.3 Å². The number of hydrogen-bond acceptors (Lipinski definition) is 5. The number of fused-ring (bicyclic) bond motifs is 1. The second kappa shape index (κ2) is 9.14. The summed E-state index contributed by atoms with van der Waals surface area (Å²) >= 11 is 1.63. The van der Waals surface area contributed by atoms with Gasteiger partial charge in [-0.05, 0) is 56.3 Å². The summed E-state index contributed by atoms with van der Waals surface area (Å²) in [7, 11) is 1.65. The Morgan fingerprint density at radius 3 is 2.88 bits per heavy atom. The molecule has 2 N–H and O–H groups in total. The molecule has 0 fully saturated rings. The third-order valence-electron chi connectivity index (χ3n) is 4.67. The average molecular weight is 374 g/mol. The number of carbonyl (C=O) groups excluding carboxylic acids is 1. The highest BCUT2D eigenvalue weighted by Crippen LogP contribution is 2.30. The molecule has 1 aromatic heterocycles. The number of nitrogens with zero attached hydrogens (tertiary/aromatic N) is 1. The van der Waals surface area contributed by atoms with Crippen LogP contribution in [0.3, 0.4) is 0 Å². The van der Waals surface area contributed by atoms with E-state index in [1.165, 1.54) is 4.88 Å². The van der Waals surface area contributed by atoms with Crippen molar-refractivity contribution in [3.63, 3.8) is 0 Å². The fraction of sp³-hybridized carbons (Fsp3) is 0.500. The predicted molar refractivity (Wildman–Crippen MR) is 106 cm³/mol. The number of amides is 1. The van der Waals surface area contributed by atoms with Crippen LogP contribution in [0.5, 0.6) is 5.75 Å². The van der Waals surface area contributed by atoms with Gasteiger partial charge in [0.2, 0.25) is 5.91 Å². The lowest BCUT2D eigenvalue weighted by atomic mass is 9.98. The molecule has 0 radical (unpaired) electrons. The minimum absolute atomic E-state index is 0.0209. The Bertz CT molecular complexity index is 727. The SMILES string of the molecule is CCCNC1CCc2nc(NC(=O)CCc3ccc(OC)cc3)sc2C1. The van der Waals surface area contributed by atoms with Crippen LogP contribution in [0, 0.1) is 0 Å².